The predicted molar refractivity (Wildman–Crippen MR) is 70.7 cm³/mol. The van der Waals surface area contributed by atoms with E-state index in [2.05, 4.69) is 0 Å². The molecule has 0 atom stereocenters. The van der Waals surface area contributed by atoms with E-state index in [1.165, 1.54) is 24.3 Å². The molecule has 0 heterocycles. The van der Waals surface area contributed by atoms with Crippen molar-refractivity contribution < 1.29 is 26.3 Å². The van der Waals surface area contributed by atoms with Crippen molar-refractivity contribution in [2.24, 2.45) is 0 Å². The number of hydrogen-bond acceptors (Lipinski definition) is 2. The molecule has 22 heavy (non-hydrogen) atoms. The first-order valence-electron chi connectivity index (χ1n) is 5.94. The molecule has 0 aliphatic rings. The van der Waals surface area contributed by atoms with Crippen LogP contribution in [0.4, 0.5) is 37.7 Å². The maximum Gasteiger partial charge on any atom is 0.419 e. The van der Waals surface area contributed by atoms with Crippen molar-refractivity contribution in [3.8, 4) is 11.1 Å². The van der Waals surface area contributed by atoms with Crippen molar-refractivity contribution in [3.05, 3.63) is 47.5 Å². The van der Waals surface area contributed by atoms with Crippen molar-refractivity contribution in [2.75, 3.05) is 11.5 Å². The standard InChI is InChI=1S/C14H10F6N2/c15-13(16,17)11-9(7-1-3-8(21)4-2-7)5-6-10(22)12(11)14(18,19)20/h1-6H,21-22H2. The van der Waals surface area contributed by atoms with Gasteiger partial charge in [-0.05, 0) is 29.3 Å². The minimum atomic E-state index is -5.22. The van der Waals surface area contributed by atoms with Gasteiger partial charge in [0.25, 0.3) is 0 Å². The van der Waals surface area contributed by atoms with Gasteiger partial charge in [-0.15, -0.1) is 0 Å². The molecule has 0 spiro atoms. The molecule has 0 unspecified atom stereocenters. The number of rotatable bonds is 1. The monoisotopic (exact) mass is 320 g/mol. The molecule has 2 aromatic carbocycles. The highest BCUT2D eigenvalue weighted by Gasteiger charge is 2.46. The zero-order valence-electron chi connectivity index (χ0n) is 10.9. The van der Waals surface area contributed by atoms with Gasteiger partial charge >= 0.3 is 12.4 Å². The van der Waals surface area contributed by atoms with Gasteiger partial charge in [0.15, 0.2) is 0 Å². The Bertz CT molecular complexity index is 686. The highest BCUT2D eigenvalue weighted by molar-refractivity contribution is 5.75. The third-order valence-corrected chi connectivity index (χ3v) is 3.03. The van der Waals surface area contributed by atoms with Gasteiger partial charge in [-0.2, -0.15) is 26.3 Å². The molecule has 0 radical (unpaired) electrons. The zero-order valence-corrected chi connectivity index (χ0v) is 10.9. The second-order valence-corrected chi connectivity index (χ2v) is 4.57. The third-order valence-electron chi connectivity index (χ3n) is 3.03. The smallest absolute Gasteiger partial charge is 0.399 e. The average molecular weight is 320 g/mol. The number of halogens is 6. The van der Waals surface area contributed by atoms with Crippen LogP contribution >= 0.6 is 0 Å². The Kier molecular flexibility index (Phi) is 3.72. The maximum absolute atomic E-state index is 13.2. The summed E-state index contributed by atoms with van der Waals surface area (Å²) in [4.78, 5) is 0. The van der Waals surface area contributed by atoms with Crippen LogP contribution < -0.4 is 11.5 Å². The number of hydrogen-bond donors (Lipinski definition) is 2. The summed E-state index contributed by atoms with van der Waals surface area (Å²) in [5.41, 5.74) is 5.55. The van der Waals surface area contributed by atoms with Crippen molar-refractivity contribution >= 4 is 11.4 Å². The van der Waals surface area contributed by atoms with Gasteiger partial charge in [0.1, 0.15) is 0 Å². The Morgan fingerprint density at radius 3 is 1.59 bits per heavy atom. The highest BCUT2D eigenvalue weighted by Crippen LogP contribution is 2.47. The summed E-state index contributed by atoms with van der Waals surface area (Å²) < 4.78 is 78.6. The molecule has 0 saturated heterocycles. The Morgan fingerprint density at radius 1 is 0.636 bits per heavy atom. The van der Waals surface area contributed by atoms with Crippen molar-refractivity contribution in [3.63, 3.8) is 0 Å². The number of benzene rings is 2. The van der Waals surface area contributed by atoms with Crippen molar-refractivity contribution in [1.82, 2.24) is 0 Å². The molecule has 2 aromatic rings. The summed E-state index contributed by atoms with van der Waals surface area (Å²) in [5, 5.41) is 0. The predicted octanol–water partition coefficient (Wildman–Crippen LogP) is 4.56. The van der Waals surface area contributed by atoms with Gasteiger partial charge in [0, 0.05) is 11.4 Å². The average Bonchev–Trinajstić information content (AvgIpc) is 2.37. The molecule has 4 N–H and O–H groups in total. The van der Waals surface area contributed by atoms with Crippen LogP contribution in [0, 0.1) is 0 Å². The highest BCUT2D eigenvalue weighted by atomic mass is 19.4. The molecule has 0 fully saturated rings. The summed E-state index contributed by atoms with van der Waals surface area (Å²) in [6, 6.07) is 6.77. The van der Waals surface area contributed by atoms with Crippen LogP contribution in [0.3, 0.4) is 0 Å². The molecular formula is C14H10F6N2. The molecule has 0 aromatic heterocycles. The maximum atomic E-state index is 13.2. The Hall–Kier alpha value is -2.38. The van der Waals surface area contributed by atoms with E-state index >= 15 is 0 Å². The van der Waals surface area contributed by atoms with Crippen LogP contribution in [0.25, 0.3) is 11.1 Å². The molecule has 0 aliphatic carbocycles. The van der Waals surface area contributed by atoms with Gasteiger partial charge in [0.05, 0.1) is 11.1 Å². The minimum absolute atomic E-state index is 0.0352. The van der Waals surface area contributed by atoms with Crippen LogP contribution in [0.15, 0.2) is 36.4 Å². The van der Waals surface area contributed by atoms with Gasteiger partial charge in [-0.3, -0.25) is 0 Å². The number of alkyl halides is 6. The van der Waals surface area contributed by atoms with Crippen LogP contribution in [-0.4, -0.2) is 0 Å². The fourth-order valence-corrected chi connectivity index (χ4v) is 2.12. The normalized spacial score (nSPS) is 12.5. The first kappa shape index (κ1) is 16.0. The van der Waals surface area contributed by atoms with Gasteiger partial charge < -0.3 is 11.5 Å². The van der Waals surface area contributed by atoms with Crippen molar-refractivity contribution in [2.45, 2.75) is 12.4 Å². The Morgan fingerprint density at radius 2 is 1.14 bits per heavy atom. The van der Waals surface area contributed by atoms with E-state index in [9.17, 15) is 26.3 Å². The lowest BCUT2D eigenvalue weighted by Gasteiger charge is -2.21. The van der Waals surface area contributed by atoms with Gasteiger partial charge in [0.2, 0.25) is 0 Å². The third kappa shape index (κ3) is 2.95. The van der Waals surface area contributed by atoms with E-state index < -0.39 is 34.7 Å². The summed E-state index contributed by atoms with van der Waals surface area (Å²) in [6.45, 7) is 0. The SMILES string of the molecule is Nc1ccc(-c2ccc(N)c(C(F)(F)F)c2C(F)(F)F)cc1. The number of nitrogen functional groups attached to an aromatic ring is 2. The Balaban J connectivity index is 2.83. The summed E-state index contributed by atoms with van der Waals surface area (Å²) in [5.74, 6) is 0. The Labute approximate surface area is 121 Å². The lowest BCUT2D eigenvalue weighted by Crippen LogP contribution is -2.20. The van der Waals surface area contributed by atoms with Crippen LogP contribution in [0.2, 0.25) is 0 Å². The summed E-state index contributed by atoms with van der Waals surface area (Å²) in [7, 11) is 0. The largest absolute Gasteiger partial charge is 0.419 e. The second kappa shape index (κ2) is 5.11. The fourth-order valence-electron chi connectivity index (χ4n) is 2.12. The van der Waals surface area contributed by atoms with E-state index in [1.54, 1.807) is 0 Å². The first-order valence-corrected chi connectivity index (χ1v) is 5.94. The van der Waals surface area contributed by atoms with E-state index in [4.69, 9.17) is 11.5 Å². The van der Waals surface area contributed by atoms with Gasteiger partial charge in [-0.25, -0.2) is 0 Å². The van der Waals surface area contributed by atoms with E-state index in [1.807, 2.05) is 0 Å². The number of anilines is 2. The zero-order chi connectivity index (χ0) is 16.7. The first-order chi connectivity index (χ1) is 10.0. The lowest BCUT2D eigenvalue weighted by molar-refractivity contribution is -0.161. The van der Waals surface area contributed by atoms with Crippen LogP contribution in [0.5, 0.6) is 0 Å². The minimum Gasteiger partial charge on any atom is -0.399 e. The fraction of sp³-hybridized carbons (Fsp3) is 0.143. The molecule has 118 valence electrons. The molecule has 0 amide bonds. The molecule has 8 heteroatoms. The topological polar surface area (TPSA) is 52.0 Å². The second-order valence-electron chi connectivity index (χ2n) is 4.57. The number of nitrogens with two attached hydrogens (primary N) is 2. The molecule has 0 saturated carbocycles. The van der Waals surface area contributed by atoms with Crippen molar-refractivity contribution in [1.29, 1.82) is 0 Å². The molecular weight excluding hydrogens is 310 g/mol. The molecule has 2 nitrogen and oxygen atoms in total. The van der Waals surface area contributed by atoms with Crippen LogP contribution in [-0.2, 0) is 12.4 Å². The summed E-state index contributed by atoms with van der Waals surface area (Å²) in [6.07, 6.45) is -10.4. The van der Waals surface area contributed by atoms with E-state index in [0.717, 1.165) is 12.1 Å². The van der Waals surface area contributed by atoms with E-state index in [0.29, 0.717) is 0 Å². The van der Waals surface area contributed by atoms with E-state index in [-0.39, 0.29) is 11.3 Å². The quantitative estimate of drug-likeness (QED) is 0.598. The summed E-state index contributed by atoms with van der Waals surface area (Å²) >= 11 is 0. The molecule has 0 bridgehead atoms. The molecule has 0 aliphatic heterocycles. The molecule has 2 rings (SSSR count). The lowest BCUT2D eigenvalue weighted by atomic mass is 9.93. The van der Waals surface area contributed by atoms with Crippen LogP contribution in [0.1, 0.15) is 11.1 Å². The van der Waals surface area contributed by atoms with Gasteiger partial charge in [-0.1, -0.05) is 18.2 Å².